The van der Waals surface area contributed by atoms with Crippen molar-refractivity contribution in [3.63, 3.8) is 0 Å². The first kappa shape index (κ1) is 18.9. The summed E-state index contributed by atoms with van der Waals surface area (Å²) in [6.07, 6.45) is -4.79. The molecule has 0 unspecified atom stereocenters. The van der Waals surface area contributed by atoms with E-state index in [9.17, 15) is 18.0 Å². The van der Waals surface area contributed by atoms with Crippen LogP contribution in [-0.2, 0) is 10.9 Å². The van der Waals surface area contributed by atoms with Crippen LogP contribution in [0.25, 0.3) is 0 Å². The zero-order valence-electron chi connectivity index (χ0n) is 13.8. The molecule has 24 heavy (non-hydrogen) atoms. The maximum atomic E-state index is 12.9. The summed E-state index contributed by atoms with van der Waals surface area (Å²) in [7, 11) is 0. The summed E-state index contributed by atoms with van der Waals surface area (Å²) >= 11 is 3.13. The first-order valence-corrected chi connectivity index (χ1v) is 8.36. The van der Waals surface area contributed by atoms with Crippen molar-refractivity contribution in [2.24, 2.45) is 0 Å². The molecule has 0 bridgehead atoms. The molecule has 1 aromatic rings. The number of nitrogens with zero attached hydrogens (tertiary/aromatic N) is 2. The molecule has 0 aliphatic carbocycles. The molecule has 1 amide bonds. The molecule has 0 atom stereocenters. The third-order valence-corrected chi connectivity index (χ3v) is 3.96. The fourth-order valence-corrected chi connectivity index (χ4v) is 2.88. The number of alkyl halides is 3. The zero-order valence-corrected chi connectivity index (χ0v) is 15.4. The fourth-order valence-electron chi connectivity index (χ4n) is 2.39. The summed E-state index contributed by atoms with van der Waals surface area (Å²) in [5.41, 5.74) is -0.776. The Morgan fingerprint density at radius 2 is 1.67 bits per heavy atom. The van der Waals surface area contributed by atoms with Gasteiger partial charge >= 0.3 is 12.3 Å². The van der Waals surface area contributed by atoms with Crippen molar-refractivity contribution in [3.8, 4) is 0 Å². The zero-order chi connectivity index (χ0) is 18.1. The summed E-state index contributed by atoms with van der Waals surface area (Å²) < 4.78 is 44.5. The van der Waals surface area contributed by atoms with Crippen molar-refractivity contribution in [2.75, 3.05) is 31.1 Å². The second-order valence-corrected chi connectivity index (χ2v) is 7.57. The van der Waals surface area contributed by atoms with Gasteiger partial charge in [0.25, 0.3) is 0 Å². The monoisotopic (exact) mass is 408 g/mol. The van der Waals surface area contributed by atoms with Gasteiger partial charge in [0.1, 0.15) is 5.60 Å². The second-order valence-electron chi connectivity index (χ2n) is 6.65. The molecule has 1 fully saturated rings. The van der Waals surface area contributed by atoms with Crippen molar-refractivity contribution in [1.82, 2.24) is 4.90 Å². The molecule has 0 spiro atoms. The van der Waals surface area contributed by atoms with E-state index in [1.807, 2.05) is 4.90 Å². The average molecular weight is 409 g/mol. The van der Waals surface area contributed by atoms with Crippen LogP contribution in [-0.4, -0.2) is 42.8 Å². The van der Waals surface area contributed by atoms with Gasteiger partial charge in [-0.15, -0.1) is 0 Å². The number of amides is 1. The Bertz CT molecular complexity index is 606. The molecule has 8 heteroatoms. The van der Waals surface area contributed by atoms with E-state index in [0.717, 1.165) is 12.1 Å². The number of hydrogen-bond acceptors (Lipinski definition) is 3. The highest BCUT2D eigenvalue weighted by Crippen LogP contribution is 2.34. The SMILES string of the molecule is CC(C)(C)OC(=O)N1CCN(c2cc(Br)cc(C(F)(F)F)c2)CC1. The predicted molar refractivity (Wildman–Crippen MR) is 89.2 cm³/mol. The van der Waals surface area contributed by atoms with Crippen molar-refractivity contribution in [1.29, 1.82) is 0 Å². The largest absolute Gasteiger partial charge is 0.444 e. The minimum atomic E-state index is -4.39. The lowest BCUT2D eigenvalue weighted by Crippen LogP contribution is -2.50. The van der Waals surface area contributed by atoms with Crippen LogP contribution >= 0.6 is 15.9 Å². The predicted octanol–water partition coefficient (Wildman–Crippen LogP) is 4.53. The quantitative estimate of drug-likeness (QED) is 0.684. The highest BCUT2D eigenvalue weighted by molar-refractivity contribution is 9.10. The van der Waals surface area contributed by atoms with E-state index >= 15 is 0 Å². The van der Waals surface area contributed by atoms with Crippen molar-refractivity contribution in [2.45, 2.75) is 32.5 Å². The van der Waals surface area contributed by atoms with Crippen LogP contribution in [0.5, 0.6) is 0 Å². The van der Waals surface area contributed by atoms with Gasteiger partial charge in [0.05, 0.1) is 5.56 Å². The lowest BCUT2D eigenvalue weighted by atomic mass is 10.1. The Kier molecular flexibility index (Phi) is 5.37. The number of hydrogen-bond donors (Lipinski definition) is 0. The van der Waals surface area contributed by atoms with E-state index < -0.39 is 23.4 Å². The average Bonchev–Trinajstić information content (AvgIpc) is 2.44. The lowest BCUT2D eigenvalue weighted by molar-refractivity contribution is -0.137. The highest BCUT2D eigenvalue weighted by Gasteiger charge is 2.32. The van der Waals surface area contributed by atoms with Gasteiger partial charge in [-0.3, -0.25) is 0 Å². The van der Waals surface area contributed by atoms with E-state index in [0.29, 0.717) is 36.3 Å². The Morgan fingerprint density at radius 1 is 1.08 bits per heavy atom. The van der Waals surface area contributed by atoms with E-state index in [1.165, 1.54) is 0 Å². The van der Waals surface area contributed by atoms with Crippen LogP contribution in [0.2, 0.25) is 0 Å². The van der Waals surface area contributed by atoms with Crippen LogP contribution < -0.4 is 4.90 Å². The Hall–Kier alpha value is -1.44. The normalized spacial score (nSPS) is 16.3. The summed E-state index contributed by atoms with van der Waals surface area (Å²) in [4.78, 5) is 15.4. The highest BCUT2D eigenvalue weighted by atomic mass is 79.9. The molecule has 1 aliphatic heterocycles. The molecule has 0 saturated carbocycles. The van der Waals surface area contributed by atoms with Gasteiger partial charge in [-0.05, 0) is 39.0 Å². The van der Waals surface area contributed by atoms with E-state index in [1.54, 1.807) is 31.7 Å². The van der Waals surface area contributed by atoms with Crippen molar-refractivity contribution in [3.05, 3.63) is 28.2 Å². The third kappa shape index (κ3) is 5.03. The molecular weight excluding hydrogens is 389 g/mol. The first-order valence-electron chi connectivity index (χ1n) is 7.56. The topological polar surface area (TPSA) is 32.8 Å². The van der Waals surface area contributed by atoms with Crippen LogP contribution in [0.15, 0.2) is 22.7 Å². The minimum absolute atomic E-state index is 0.377. The molecule has 134 valence electrons. The van der Waals surface area contributed by atoms with Gasteiger partial charge in [0, 0.05) is 36.3 Å². The molecular formula is C16H20BrF3N2O2. The molecule has 0 radical (unpaired) electrons. The van der Waals surface area contributed by atoms with Gasteiger partial charge in [-0.25, -0.2) is 4.79 Å². The standard InChI is InChI=1S/C16H20BrF3N2O2/c1-15(2,3)24-14(23)22-6-4-21(5-7-22)13-9-11(16(18,19)20)8-12(17)10-13/h8-10H,4-7H2,1-3H3. The second kappa shape index (κ2) is 6.82. The summed E-state index contributed by atoms with van der Waals surface area (Å²) in [6.45, 7) is 7.09. The molecule has 1 aliphatic rings. The van der Waals surface area contributed by atoms with Gasteiger partial charge in [0.15, 0.2) is 0 Å². The van der Waals surface area contributed by atoms with E-state index in [2.05, 4.69) is 15.9 Å². The number of carbonyl (C=O) groups is 1. The van der Waals surface area contributed by atoms with Gasteiger partial charge in [-0.2, -0.15) is 13.2 Å². The molecule has 1 aromatic carbocycles. The Labute approximate surface area is 147 Å². The van der Waals surface area contributed by atoms with Gasteiger partial charge < -0.3 is 14.5 Å². The van der Waals surface area contributed by atoms with Gasteiger partial charge in [0.2, 0.25) is 0 Å². The van der Waals surface area contributed by atoms with E-state index in [-0.39, 0.29) is 0 Å². The number of anilines is 1. The fraction of sp³-hybridized carbons (Fsp3) is 0.562. The number of ether oxygens (including phenoxy) is 1. The first-order chi connectivity index (χ1) is 11.0. The number of rotatable bonds is 1. The molecule has 1 saturated heterocycles. The van der Waals surface area contributed by atoms with Crippen molar-refractivity contribution < 1.29 is 22.7 Å². The summed E-state index contributed by atoms with van der Waals surface area (Å²) in [5, 5.41) is 0. The Morgan fingerprint density at radius 3 is 2.17 bits per heavy atom. The number of benzene rings is 1. The Balaban J connectivity index is 2.05. The maximum absolute atomic E-state index is 12.9. The molecule has 0 N–H and O–H groups in total. The third-order valence-electron chi connectivity index (χ3n) is 3.51. The van der Waals surface area contributed by atoms with Crippen LogP contribution in [0, 0.1) is 0 Å². The van der Waals surface area contributed by atoms with Crippen LogP contribution in [0.1, 0.15) is 26.3 Å². The molecule has 1 heterocycles. The number of carbonyl (C=O) groups excluding carboxylic acids is 1. The lowest BCUT2D eigenvalue weighted by Gasteiger charge is -2.37. The molecule has 4 nitrogen and oxygen atoms in total. The van der Waals surface area contributed by atoms with Crippen LogP contribution in [0.4, 0.5) is 23.7 Å². The van der Waals surface area contributed by atoms with E-state index in [4.69, 9.17) is 4.74 Å². The number of piperazine rings is 1. The maximum Gasteiger partial charge on any atom is 0.416 e. The van der Waals surface area contributed by atoms with Crippen LogP contribution in [0.3, 0.4) is 0 Å². The molecule has 0 aromatic heterocycles. The molecule has 2 rings (SSSR count). The number of halogens is 4. The summed E-state index contributed by atoms with van der Waals surface area (Å²) in [6, 6.07) is 3.84. The summed E-state index contributed by atoms with van der Waals surface area (Å²) in [5.74, 6) is 0. The smallest absolute Gasteiger partial charge is 0.416 e. The minimum Gasteiger partial charge on any atom is -0.444 e. The van der Waals surface area contributed by atoms with Crippen molar-refractivity contribution >= 4 is 27.7 Å². The van der Waals surface area contributed by atoms with Gasteiger partial charge in [-0.1, -0.05) is 15.9 Å².